The Bertz CT molecular complexity index is 204. The maximum atomic E-state index is 11.2. The van der Waals surface area contributed by atoms with Gasteiger partial charge in [0, 0.05) is 19.7 Å². The Balaban J connectivity index is 1.98. The Morgan fingerprint density at radius 1 is 1.40 bits per heavy atom. The second kappa shape index (κ2) is 6.05. The van der Waals surface area contributed by atoms with Crippen LogP contribution in [0.15, 0.2) is 0 Å². The van der Waals surface area contributed by atoms with Gasteiger partial charge in [-0.2, -0.15) is 0 Å². The fourth-order valence-electron chi connectivity index (χ4n) is 1.21. The van der Waals surface area contributed by atoms with Crippen molar-refractivity contribution < 1.29 is 19.0 Å². The van der Waals surface area contributed by atoms with Gasteiger partial charge in [-0.15, -0.1) is 0 Å². The van der Waals surface area contributed by atoms with E-state index in [9.17, 15) is 4.79 Å². The minimum absolute atomic E-state index is 0.0182. The molecule has 0 aromatic carbocycles. The fraction of sp³-hybridized carbons (Fsp3) is 0.900. The number of carbonyl (C=O) groups is 1. The molecular weight excluding hydrogens is 198 g/mol. The Morgan fingerprint density at radius 3 is 2.67 bits per heavy atom. The summed E-state index contributed by atoms with van der Waals surface area (Å²) >= 11 is 0. The molecule has 0 unspecified atom stereocenters. The normalized spacial score (nSPS) is 18.3. The van der Waals surface area contributed by atoms with E-state index in [1.165, 1.54) is 0 Å². The number of esters is 1. The quantitative estimate of drug-likeness (QED) is 0.478. The smallest absolute Gasteiger partial charge is 0.332 e. The molecule has 0 bridgehead atoms. The van der Waals surface area contributed by atoms with E-state index in [4.69, 9.17) is 14.2 Å². The Labute approximate surface area is 90.1 Å². The van der Waals surface area contributed by atoms with Gasteiger partial charge in [0.25, 0.3) is 0 Å². The zero-order chi connectivity index (χ0) is 11.1. The lowest BCUT2D eigenvalue weighted by Gasteiger charge is -2.38. The van der Waals surface area contributed by atoms with Crippen molar-refractivity contribution in [2.75, 3.05) is 39.5 Å². The van der Waals surface area contributed by atoms with Crippen molar-refractivity contribution >= 4 is 5.97 Å². The van der Waals surface area contributed by atoms with Gasteiger partial charge in [0.05, 0.1) is 12.2 Å². The zero-order valence-electron chi connectivity index (χ0n) is 9.38. The first-order valence-corrected chi connectivity index (χ1v) is 5.24. The third-order valence-electron chi connectivity index (χ3n) is 2.23. The summed E-state index contributed by atoms with van der Waals surface area (Å²) in [5.41, 5.74) is -0.195. The molecule has 0 radical (unpaired) electrons. The monoisotopic (exact) mass is 217 g/mol. The molecule has 1 aliphatic heterocycles. The maximum Gasteiger partial charge on any atom is 0.332 e. The number of rotatable bonds is 7. The van der Waals surface area contributed by atoms with Crippen LogP contribution < -0.4 is 5.32 Å². The molecule has 5 heteroatoms. The third kappa shape index (κ3) is 4.59. The highest BCUT2D eigenvalue weighted by atomic mass is 16.6. The molecule has 1 heterocycles. The van der Waals surface area contributed by atoms with Gasteiger partial charge in [0.2, 0.25) is 0 Å². The van der Waals surface area contributed by atoms with Crippen molar-refractivity contribution in [3.05, 3.63) is 0 Å². The van der Waals surface area contributed by atoms with Crippen molar-refractivity contribution in [2.45, 2.75) is 19.4 Å². The second-order valence-corrected chi connectivity index (χ2v) is 3.76. The maximum absolute atomic E-state index is 11.2. The fourth-order valence-corrected chi connectivity index (χ4v) is 1.21. The van der Waals surface area contributed by atoms with Crippen molar-refractivity contribution in [3.63, 3.8) is 0 Å². The molecule has 1 saturated heterocycles. The van der Waals surface area contributed by atoms with Crippen LogP contribution in [0, 0.1) is 0 Å². The molecule has 1 fully saturated rings. The largest absolute Gasteiger partial charge is 0.462 e. The summed E-state index contributed by atoms with van der Waals surface area (Å²) in [6.45, 7) is 6.85. The third-order valence-corrected chi connectivity index (χ3v) is 2.23. The first-order valence-electron chi connectivity index (χ1n) is 5.24. The Morgan fingerprint density at radius 2 is 2.13 bits per heavy atom. The molecule has 1 N–H and O–H groups in total. The minimum Gasteiger partial charge on any atom is -0.462 e. The van der Waals surface area contributed by atoms with Gasteiger partial charge in [-0.3, -0.25) is 0 Å². The van der Waals surface area contributed by atoms with Crippen molar-refractivity contribution in [1.29, 1.82) is 0 Å². The second-order valence-electron chi connectivity index (χ2n) is 3.76. The summed E-state index contributed by atoms with van der Waals surface area (Å²) in [5.74, 6) is -0.331. The van der Waals surface area contributed by atoms with Gasteiger partial charge in [-0.05, 0) is 13.8 Å². The molecule has 0 atom stereocenters. The van der Waals surface area contributed by atoms with Crippen LogP contribution in [0.25, 0.3) is 0 Å². The SMILES string of the molecule is CCOCCOC(=O)COC1(C)CNC1. The molecule has 88 valence electrons. The van der Waals surface area contributed by atoms with Crippen LogP contribution in [0.2, 0.25) is 0 Å². The molecule has 1 rings (SSSR count). The molecule has 0 aromatic heterocycles. The highest BCUT2D eigenvalue weighted by Gasteiger charge is 2.33. The minimum atomic E-state index is -0.331. The summed E-state index contributed by atoms with van der Waals surface area (Å²) in [4.78, 5) is 11.2. The van der Waals surface area contributed by atoms with E-state index in [1.807, 2.05) is 13.8 Å². The van der Waals surface area contributed by atoms with Crippen LogP contribution >= 0.6 is 0 Å². The zero-order valence-corrected chi connectivity index (χ0v) is 9.38. The Kier molecular flexibility index (Phi) is 5.01. The lowest BCUT2D eigenvalue weighted by Crippen LogP contribution is -2.59. The standard InChI is InChI=1S/C10H19NO4/c1-3-13-4-5-14-9(12)6-15-10(2)7-11-8-10/h11H,3-8H2,1-2H3. The molecule has 15 heavy (non-hydrogen) atoms. The molecule has 5 nitrogen and oxygen atoms in total. The van der Waals surface area contributed by atoms with E-state index in [0.29, 0.717) is 19.8 Å². The highest BCUT2D eigenvalue weighted by molar-refractivity contribution is 5.70. The van der Waals surface area contributed by atoms with E-state index in [2.05, 4.69) is 5.32 Å². The molecule has 0 amide bonds. The summed E-state index contributed by atoms with van der Waals surface area (Å²) < 4.78 is 15.3. The topological polar surface area (TPSA) is 56.8 Å². The lowest BCUT2D eigenvalue weighted by molar-refractivity contribution is -0.159. The predicted octanol–water partition coefficient (Wildman–Crippen LogP) is -0.0554. The van der Waals surface area contributed by atoms with Crippen LogP contribution in [0.3, 0.4) is 0 Å². The van der Waals surface area contributed by atoms with E-state index < -0.39 is 0 Å². The first kappa shape index (κ1) is 12.4. The van der Waals surface area contributed by atoms with Crippen molar-refractivity contribution in [3.8, 4) is 0 Å². The molecule has 0 spiro atoms. The van der Waals surface area contributed by atoms with Gasteiger partial charge >= 0.3 is 5.97 Å². The predicted molar refractivity (Wildman–Crippen MR) is 54.7 cm³/mol. The number of hydrogen-bond acceptors (Lipinski definition) is 5. The number of ether oxygens (including phenoxy) is 3. The number of nitrogens with one attached hydrogen (secondary N) is 1. The van der Waals surface area contributed by atoms with E-state index in [-0.39, 0.29) is 18.2 Å². The molecule has 0 saturated carbocycles. The average molecular weight is 217 g/mol. The van der Waals surface area contributed by atoms with Gasteiger partial charge in [-0.25, -0.2) is 4.79 Å². The summed E-state index contributed by atoms with van der Waals surface area (Å²) in [6.07, 6.45) is 0. The Hall–Kier alpha value is -0.650. The van der Waals surface area contributed by atoms with Gasteiger partial charge in [-0.1, -0.05) is 0 Å². The van der Waals surface area contributed by atoms with Gasteiger partial charge < -0.3 is 19.5 Å². The lowest BCUT2D eigenvalue weighted by atomic mass is 10.0. The van der Waals surface area contributed by atoms with Crippen LogP contribution in [0.5, 0.6) is 0 Å². The number of hydrogen-bond donors (Lipinski definition) is 1. The summed E-state index contributed by atoms with van der Waals surface area (Å²) in [7, 11) is 0. The van der Waals surface area contributed by atoms with Gasteiger partial charge in [0.15, 0.2) is 0 Å². The van der Waals surface area contributed by atoms with E-state index in [0.717, 1.165) is 13.1 Å². The average Bonchev–Trinajstić information content (AvgIpc) is 2.19. The van der Waals surface area contributed by atoms with Crippen molar-refractivity contribution in [2.24, 2.45) is 0 Å². The molecular formula is C10H19NO4. The van der Waals surface area contributed by atoms with Crippen LogP contribution in [-0.2, 0) is 19.0 Å². The summed E-state index contributed by atoms with van der Waals surface area (Å²) in [5, 5.41) is 3.09. The van der Waals surface area contributed by atoms with Crippen LogP contribution in [0.1, 0.15) is 13.8 Å². The first-order chi connectivity index (χ1) is 7.16. The van der Waals surface area contributed by atoms with Crippen LogP contribution in [-0.4, -0.2) is 51.1 Å². The van der Waals surface area contributed by atoms with Crippen molar-refractivity contribution in [1.82, 2.24) is 5.32 Å². The van der Waals surface area contributed by atoms with E-state index in [1.54, 1.807) is 0 Å². The molecule has 1 aliphatic rings. The highest BCUT2D eigenvalue weighted by Crippen LogP contribution is 2.14. The van der Waals surface area contributed by atoms with E-state index >= 15 is 0 Å². The summed E-state index contributed by atoms with van der Waals surface area (Å²) in [6, 6.07) is 0. The van der Waals surface area contributed by atoms with Crippen LogP contribution in [0.4, 0.5) is 0 Å². The molecule has 0 aliphatic carbocycles. The van der Waals surface area contributed by atoms with Gasteiger partial charge in [0.1, 0.15) is 13.2 Å². The number of carbonyl (C=O) groups excluding carboxylic acids is 1. The molecule has 0 aromatic rings.